The van der Waals surface area contributed by atoms with Gasteiger partial charge in [0, 0.05) is 18.6 Å². The fourth-order valence-electron chi connectivity index (χ4n) is 1.98. The van der Waals surface area contributed by atoms with Gasteiger partial charge in [-0.1, -0.05) is 31.9 Å². The highest BCUT2D eigenvalue weighted by molar-refractivity contribution is 14.1. The first kappa shape index (κ1) is 16.3. The predicted octanol–water partition coefficient (Wildman–Crippen LogP) is 5.07. The Balaban J connectivity index is 2.27. The van der Waals surface area contributed by atoms with Gasteiger partial charge < -0.3 is 10.5 Å². The quantitative estimate of drug-likeness (QED) is 0.583. The lowest BCUT2D eigenvalue weighted by molar-refractivity contribution is 0.414. The Kier molecular flexibility index (Phi) is 5.89. The molecule has 0 saturated heterocycles. The number of nitrogens with two attached hydrogens (primary N) is 1. The summed E-state index contributed by atoms with van der Waals surface area (Å²) >= 11 is 9.44. The van der Waals surface area contributed by atoms with Crippen molar-refractivity contribution >= 4 is 54.5 Å². The maximum Gasteiger partial charge on any atom is 0.119 e. The van der Waals surface area contributed by atoms with Crippen molar-refractivity contribution in [2.45, 2.75) is 12.5 Å². The van der Waals surface area contributed by atoms with Crippen molar-refractivity contribution < 1.29 is 4.74 Å². The lowest BCUT2D eigenvalue weighted by Crippen LogP contribution is -2.14. The first-order chi connectivity index (χ1) is 9.51. The third-order valence-electron chi connectivity index (χ3n) is 3.05. The fourth-order valence-corrected chi connectivity index (χ4v) is 3.44. The van der Waals surface area contributed by atoms with Gasteiger partial charge in [0.15, 0.2) is 0 Å². The Morgan fingerprint density at radius 3 is 2.55 bits per heavy atom. The second-order valence-electron chi connectivity index (χ2n) is 4.43. The van der Waals surface area contributed by atoms with Crippen LogP contribution in [0.3, 0.4) is 0 Å². The van der Waals surface area contributed by atoms with Gasteiger partial charge in [-0.05, 0) is 76.5 Å². The average molecular weight is 511 g/mol. The van der Waals surface area contributed by atoms with Crippen LogP contribution in [0.5, 0.6) is 5.75 Å². The van der Waals surface area contributed by atoms with E-state index in [-0.39, 0.29) is 6.04 Å². The van der Waals surface area contributed by atoms with Gasteiger partial charge in [0.25, 0.3) is 0 Å². The number of benzene rings is 2. The van der Waals surface area contributed by atoms with Crippen LogP contribution in [0.25, 0.3) is 0 Å². The van der Waals surface area contributed by atoms with E-state index in [2.05, 4.69) is 66.6 Å². The first-order valence-electron chi connectivity index (χ1n) is 6.04. The number of halogens is 3. The molecule has 0 saturated carbocycles. The van der Waals surface area contributed by atoms with Crippen LogP contribution in [0.1, 0.15) is 17.2 Å². The zero-order chi connectivity index (χ0) is 14.7. The molecule has 2 rings (SSSR count). The minimum atomic E-state index is -0.0671. The van der Waals surface area contributed by atoms with Crippen LogP contribution in [0, 0.1) is 3.57 Å². The van der Waals surface area contributed by atoms with Crippen molar-refractivity contribution in [1.29, 1.82) is 0 Å². The van der Waals surface area contributed by atoms with Gasteiger partial charge in [0.1, 0.15) is 5.75 Å². The van der Waals surface area contributed by atoms with Crippen LogP contribution in [-0.2, 0) is 6.42 Å². The number of ether oxygens (including phenoxy) is 1. The van der Waals surface area contributed by atoms with E-state index in [0.29, 0.717) is 0 Å². The van der Waals surface area contributed by atoms with Gasteiger partial charge in [-0.25, -0.2) is 0 Å². The predicted molar refractivity (Wildman–Crippen MR) is 98.2 cm³/mol. The van der Waals surface area contributed by atoms with E-state index in [4.69, 9.17) is 10.5 Å². The Labute approximate surface area is 149 Å². The topological polar surface area (TPSA) is 35.2 Å². The van der Waals surface area contributed by atoms with E-state index in [9.17, 15) is 0 Å². The number of methoxy groups -OCH3 is 1. The highest BCUT2D eigenvalue weighted by atomic mass is 127. The summed E-state index contributed by atoms with van der Waals surface area (Å²) in [5, 5.41) is 0. The Hall–Kier alpha value is -0.110. The van der Waals surface area contributed by atoms with E-state index in [1.165, 1.54) is 3.57 Å². The molecule has 20 heavy (non-hydrogen) atoms. The molecule has 2 N–H and O–H groups in total. The molecule has 106 valence electrons. The van der Waals surface area contributed by atoms with E-state index in [1.807, 2.05) is 24.3 Å². The molecule has 0 aliphatic carbocycles. The van der Waals surface area contributed by atoms with Gasteiger partial charge in [-0.2, -0.15) is 0 Å². The summed E-state index contributed by atoms with van der Waals surface area (Å²) in [6.45, 7) is 0. The minimum Gasteiger partial charge on any atom is -0.497 e. The van der Waals surface area contributed by atoms with Crippen molar-refractivity contribution in [2.75, 3.05) is 7.11 Å². The van der Waals surface area contributed by atoms with Crippen molar-refractivity contribution in [1.82, 2.24) is 0 Å². The summed E-state index contributed by atoms with van der Waals surface area (Å²) in [7, 11) is 1.67. The van der Waals surface area contributed by atoms with Crippen LogP contribution in [-0.4, -0.2) is 7.11 Å². The number of hydrogen-bond donors (Lipinski definition) is 1. The molecule has 0 bridgehead atoms. The standard InChI is InChI=1S/C15H14Br2INO/c1-20-11-3-5-13(16)9(6-11)7-15(19)12-8-10(18)2-4-14(12)17/h2-6,8,15H,7,19H2,1H3. The molecular weight excluding hydrogens is 497 g/mol. The monoisotopic (exact) mass is 509 g/mol. The second-order valence-corrected chi connectivity index (χ2v) is 7.39. The molecule has 0 aliphatic heterocycles. The molecule has 5 heteroatoms. The summed E-state index contributed by atoms with van der Waals surface area (Å²) in [5.74, 6) is 0.845. The first-order valence-corrected chi connectivity index (χ1v) is 8.70. The zero-order valence-corrected chi connectivity index (χ0v) is 16.2. The summed E-state index contributed by atoms with van der Waals surface area (Å²) in [6.07, 6.45) is 0.747. The third kappa shape index (κ3) is 3.96. The van der Waals surface area contributed by atoms with Crippen LogP contribution in [0.4, 0.5) is 0 Å². The molecule has 1 unspecified atom stereocenters. The Bertz CT molecular complexity index is 619. The lowest BCUT2D eigenvalue weighted by atomic mass is 9.99. The molecule has 0 radical (unpaired) electrons. The molecule has 0 aliphatic rings. The normalized spacial score (nSPS) is 12.2. The van der Waals surface area contributed by atoms with E-state index >= 15 is 0 Å². The largest absolute Gasteiger partial charge is 0.497 e. The maximum atomic E-state index is 6.36. The van der Waals surface area contributed by atoms with Crippen LogP contribution < -0.4 is 10.5 Å². The van der Waals surface area contributed by atoms with Crippen LogP contribution in [0.15, 0.2) is 45.3 Å². The third-order valence-corrected chi connectivity index (χ3v) is 5.22. The lowest BCUT2D eigenvalue weighted by Gasteiger charge is -2.16. The van der Waals surface area contributed by atoms with Crippen LogP contribution >= 0.6 is 54.5 Å². The van der Waals surface area contributed by atoms with Gasteiger partial charge in [-0.15, -0.1) is 0 Å². The summed E-state index contributed by atoms with van der Waals surface area (Å²) in [6, 6.07) is 12.1. The SMILES string of the molecule is COc1ccc(Br)c(CC(N)c2cc(I)ccc2Br)c1. The van der Waals surface area contributed by atoms with E-state index in [1.54, 1.807) is 7.11 Å². The van der Waals surface area contributed by atoms with E-state index in [0.717, 1.165) is 32.2 Å². The Morgan fingerprint density at radius 2 is 1.85 bits per heavy atom. The molecule has 0 amide bonds. The molecule has 2 nitrogen and oxygen atoms in total. The average Bonchev–Trinajstić information content (AvgIpc) is 2.43. The van der Waals surface area contributed by atoms with Crippen molar-refractivity contribution in [3.8, 4) is 5.75 Å². The van der Waals surface area contributed by atoms with Gasteiger partial charge in [-0.3, -0.25) is 0 Å². The molecule has 0 heterocycles. The highest BCUT2D eigenvalue weighted by Crippen LogP contribution is 2.30. The molecule has 2 aromatic carbocycles. The van der Waals surface area contributed by atoms with Crippen molar-refractivity contribution in [2.24, 2.45) is 5.73 Å². The summed E-state index contributed by atoms with van der Waals surface area (Å²) in [5.41, 5.74) is 8.62. The smallest absolute Gasteiger partial charge is 0.119 e. The van der Waals surface area contributed by atoms with Crippen molar-refractivity contribution in [3.63, 3.8) is 0 Å². The fraction of sp³-hybridized carbons (Fsp3) is 0.200. The molecule has 0 spiro atoms. The molecule has 0 fully saturated rings. The van der Waals surface area contributed by atoms with Crippen molar-refractivity contribution in [3.05, 3.63) is 60.0 Å². The molecule has 2 aromatic rings. The zero-order valence-electron chi connectivity index (χ0n) is 10.9. The molecular formula is C15H14Br2INO. The van der Waals surface area contributed by atoms with Crippen LogP contribution in [0.2, 0.25) is 0 Å². The van der Waals surface area contributed by atoms with Gasteiger partial charge in [0.2, 0.25) is 0 Å². The van der Waals surface area contributed by atoms with E-state index < -0.39 is 0 Å². The molecule has 0 aromatic heterocycles. The Morgan fingerprint density at radius 1 is 1.15 bits per heavy atom. The summed E-state index contributed by atoms with van der Waals surface area (Å²) in [4.78, 5) is 0. The number of hydrogen-bond acceptors (Lipinski definition) is 2. The second kappa shape index (κ2) is 7.24. The minimum absolute atomic E-state index is 0.0671. The highest BCUT2D eigenvalue weighted by Gasteiger charge is 2.13. The maximum absolute atomic E-state index is 6.36. The summed E-state index contributed by atoms with van der Waals surface area (Å²) < 4.78 is 8.55. The number of rotatable bonds is 4. The molecule has 1 atom stereocenters. The van der Waals surface area contributed by atoms with Gasteiger partial charge in [0.05, 0.1) is 7.11 Å². The van der Waals surface area contributed by atoms with Gasteiger partial charge >= 0.3 is 0 Å².